The average Bonchev–Trinajstić information content (AvgIpc) is 3.03. The van der Waals surface area contributed by atoms with E-state index in [4.69, 9.17) is 0 Å². The molecule has 1 saturated carbocycles. The number of amides is 1. The molecule has 1 aliphatic carbocycles. The Balaban J connectivity index is 2.23. The van der Waals surface area contributed by atoms with Crippen LogP contribution in [0.3, 0.4) is 0 Å². The predicted octanol–water partition coefficient (Wildman–Crippen LogP) is 3.68. The summed E-state index contributed by atoms with van der Waals surface area (Å²) in [6, 6.07) is 6.13. The van der Waals surface area contributed by atoms with E-state index in [0.29, 0.717) is 0 Å². The van der Waals surface area contributed by atoms with Crippen molar-refractivity contribution in [3.63, 3.8) is 0 Å². The van der Waals surface area contributed by atoms with E-state index < -0.39 is 7.26 Å². The molecule has 0 spiro atoms. The Kier molecular flexibility index (Phi) is 3.27. The molecule has 18 heavy (non-hydrogen) atoms. The number of aryl methyl sites for hydroxylation is 2. The van der Waals surface area contributed by atoms with Crippen molar-refractivity contribution in [2.45, 2.75) is 31.8 Å². The molecule has 1 aromatic rings. The zero-order chi connectivity index (χ0) is 13.6. The van der Waals surface area contributed by atoms with Crippen molar-refractivity contribution in [3.8, 4) is 0 Å². The smallest absolute Gasteiger partial charge is 0.268 e. The zero-order valence-electron chi connectivity index (χ0n) is 12.0. The molecule has 0 unspecified atom stereocenters. The zero-order valence-corrected chi connectivity index (χ0v) is 12.9. The van der Waals surface area contributed by atoms with Crippen LogP contribution in [0.1, 0.15) is 24.0 Å². The summed E-state index contributed by atoms with van der Waals surface area (Å²) >= 11 is 0. The molecule has 0 radical (unpaired) electrons. The van der Waals surface area contributed by atoms with Gasteiger partial charge in [0.15, 0.2) is 5.16 Å². The number of nitrogens with one attached hydrogen (secondary N) is 1. The van der Waals surface area contributed by atoms with Crippen LogP contribution in [0.5, 0.6) is 0 Å². The maximum atomic E-state index is 12.6. The van der Waals surface area contributed by atoms with Crippen LogP contribution in [-0.4, -0.2) is 31.1 Å². The summed E-state index contributed by atoms with van der Waals surface area (Å²) in [7, 11) is -1.14. The number of benzene rings is 1. The highest BCUT2D eigenvalue weighted by atomic mass is 31.2. The maximum Gasteiger partial charge on any atom is 0.268 e. The molecule has 0 bridgehead atoms. The van der Waals surface area contributed by atoms with Gasteiger partial charge in [-0.15, -0.1) is 0 Å². The Morgan fingerprint density at radius 1 is 1.17 bits per heavy atom. The Labute approximate surface area is 111 Å². The first kappa shape index (κ1) is 13.5. The number of carbonyl (C=O) groups excluding carboxylic acids is 1. The summed E-state index contributed by atoms with van der Waals surface area (Å²) in [5.74, 6) is 0.237. The van der Waals surface area contributed by atoms with Crippen molar-refractivity contribution in [1.29, 1.82) is 0 Å². The molecule has 0 atom stereocenters. The van der Waals surface area contributed by atoms with Crippen molar-refractivity contribution in [2.75, 3.05) is 25.3 Å². The molecule has 98 valence electrons. The van der Waals surface area contributed by atoms with Gasteiger partial charge in [0.2, 0.25) is 0 Å². The Morgan fingerprint density at radius 2 is 1.67 bits per heavy atom. The van der Waals surface area contributed by atoms with E-state index in [1.807, 2.05) is 6.07 Å². The molecule has 1 fully saturated rings. The minimum absolute atomic E-state index is 0.0538. The van der Waals surface area contributed by atoms with Crippen molar-refractivity contribution >= 4 is 18.9 Å². The van der Waals surface area contributed by atoms with E-state index in [2.05, 4.69) is 51.3 Å². The summed E-state index contributed by atoms with van der Waals surface area (Å²) in [6.45, 7) is 10.9. The van der Waals surface area contributed by atoms with Gasteiger partial charge < -0.3 is 5.32 Å². The first-order valence-corrected chi connectivity index (χ1v) is 9.60. The van der Waals surface area contributed by atoms with Crippen LogP contribution < -0.4 is 5.32 Å². The number of hydrogen-bond donors (Lipinski definition) is 1. The van der Waals surface area contributed by atoms with Crippen molar-refractivity contribution in [3.05, 3.63) is 29.3 Å². The summed E-state index contributed by atoms with van der Waals surface area (Å²) in [5, 5.41) is 3.12. The maximum absolute atomic E-state index is 12.6. The highest BCUT2D eigenvalue weighted by molar-refractivity contribution is 7.76. The highest BCUT2D eigenvalue weighted by Gasteiger charge is 2.64. The van der Waals surface area contributed by atoms with Crippen LogP contribution in [0.25, 0.3) is 0 Å². The van der Waals surface area contributed by atoms with Gasteiger partial charge in [-0.3, -0.25) is 4.79 Å². The molecule has 1 aliphatic rings. The number of rotatable bonds is 3. The Morgan fingerprint density at radius 3 is 2.06 bits per heavy atom. The number of para-hydroxylation sites is 1. The molecule has 1 aromatic carbocycles. The lowest BCUT2D eigenvalue weighted by atomic mass is 10.1. The molecule has 1 N–H and O–H groups in total. The molecule has 0 aromatic heterocycles. The van der Waals surface area contributed by atoms with Crippen molar-refractivity contribution in [2.24, 2.45) is 0 Å². The third-order valence-corrected chi connectivity index (χ3v) is 7.37. The SMILES string of the molecule is Cc1cccc(C)c1NC(=O)C1([P+](C)(C)C)CC1. The lowest BCUT2D eigenvalue weighted by Gasteiger charge is -2.24. The van der Waals surface area contributed by atoms with Gasteiger partial charge in [0.05, 0.1) is 0 Å². The van der Waals surface area contributed by atoms with Gasteiger partial charge in [0.25, 0.3) is 5.91 Å². The van der Waals surface area contributed by atoms with Crippen LogP contribution in [0.2, 0.25) is 0 Å². The van der Waals surface area contributed by atoms with Gasteiger partial charge in [-0.05, 0) is 25.0 Å². The third-order valence-electron chi connectivity index (χ3n) is 4.15. The van der Waals surface area contributed by atoms with Crippen molar-refractivity contribution in [1.82, 2.24) is 0 Å². The lowest BCUT2D eigenvalue weighted by molar-refractivity contribution is -0.116. The topological polar surface area (TPSA) is 29.1 Å². The fourth-order valence-corrected chi connectivity index (χ4v) is 4.68. The van der Waals surface area contributed by atoms with E-state index >= 15 is 0 Å². The third kappa shape index (κ3) is 2.19. The van der Waals surface area contributed by atoms with Crippen LogP contribution in [0, 0.1) is 13.8 Å². The number of anilines is 1. The first-order chi connectivity index (χ1) is 8.28. The molecule has 1 amide bonds. The predicted molar refractivity (Wildman–Crippen MR) is 81.2 cm³/mol. The highest BCUT2D eigenvalue weighted by Crippen LogP contribution is 2.71. The lowest BCUT2D eigenvalue weighted by Crippen LogP contribution is -2.32. The molecule has 3 heteroatoms. The van der Waals surface area contributed by atoms with Crippen LogP contribution in [0.4, 0.5) is 5.69 Å². The Hall–Kier alpha value is -0.880. The summed E-state index contributed by atoms with van der Waals surface area (Å²) < 4.78 is 0. The largest absolute Gasteiger partial charge is 0.322 e. The van der Waals surface area contributed by atoms with E-state index in [1.54, 1.807) is 0 Å². The van der Waals surface area contributed by atoms with E-state index in [9.17, 15) is 4.79 Å². The van der Waals surface area contributed by atoms with Gasteiger partial charge in [0.1, 0.15) is 0 Å². The van der Waals surface area contributed by atoms with E-state index in [0.717, 1.165) is 29.7 Å². The average molecular weight is 264 g/mol. The second-order valence-electron chi connectivity index (χ2n) is 6.26. The Bertz CT molecular complexity index is 464. The van der Waals surface area contributed by atoms with E-state index in [1.165, 1.54) is 0 Å². The fourth-order valence-electron chi connectivity index (χ4n) is 2.56. The van der Waals surface area contributed by atoms with Gasteiger partial charge >= 0.3 is 0 Å². The standard InChI is InChI=1S/C15H22NOP/c1-11-7-6-8-12(2)13(11)16-14(17)15(9-10-15)18(3,4)5/h6-8H,9-10H2,1-5H3/p+1. The quantitative estimate of drug-likeness (QED) is 0.829. The fraction of sp³-hybridized carbons (Fsp3) is 0.533. The summed E-state index contributed by atoms with van der Waals surface area (Å²) in [5.41, 5.74) is 3.29. The van der Waals surface area contributed by atoms with Gasteiger partial charge in [-0.25, -0.2) is 0 Å². The van der Waals surface area contributed by atoms with Crippen LogP contribution in [0.15, 0.2) is 18.2 Å². The summed E-state index contributed by atoms with van der Waals surface area (Å²) in [6.07, 6.45) is 2.11. The van der Waals surface area contributed by atoms with Crippen LogP contribution >= 0.6 is 7.26 Å². The van der Waals surface area contributed by atoms with Gasteiger partial charge in [0, 0.05) is 45.8 Å². The second-order valence-corrected chi connectivity index (χ2v) is 11.1. The van der Waals surface area contributed by atoms with E-state index in [-0.39, 0.29) is 11.1 Å². The van der Waals surface area contributed by atoms with Gasteiger partial charge in [-0.1, -0.05) is 18.2 Å². The number of carbonyl (C=O) groups is 1. The summed E-state index contributed by atoms with van der Waals surface area (Å²) in [4.78, 5) is 12.6. The molecule has 2 nitrogen and oxygen atoms in total. The molecular formula is C15H23NOP+. The molecule has 2 rings (SSSR count). The normalized spacial score (nSPS) is 17.4. The van der Waals surface area contributed by atoms with Crippen LogP contribution in [-0.2, 0) is 4.79 Å². The van der Waals surface area contributed by atoms with Gasteiger partial charge in [-0.2, -0.15) is 0 Å². The first-order valence-electron chi connectivity index (χ1n) is 6.47. The molecule has 0 aliphatic heterocycles. The number of hydrogen-bond acceptors (Lipinski definition) is 1. The monoisotopic (exact) mass is 264 g/mol. The molecular weight excluding hydrogens is 241 g/mol. The minimum Gasteiger partial charge on any atom is -0.322 e. The minimum atomic E-state index is -1.14. The second kappa shape index (κ2) is 4.35. The molecule has 0 saturated heterocycles. The van der Waals surface area contributed by atoms with Crippen molar-refractivity contribution < 1.29 is 4.79 Å². The molecule has 0 heterocycles.